The first-order chi connectivity index (χ1) is 13.1. The molecule has 1 unspecified atom stereocenters. The van der Waals surface area contributed by atoms with Crippen molar-refractivity contribution in [1.82, 2.24) is 15.5 Å². The van der Waals surface area contributed by atoms with Gasteiger partial charge in [-0.2, -0.15) is 0 Å². The Hall–Kier alpha value is -1.36. The molecule has 1 atom stereocenters. The molecule has 0 aromatic heterocycles. The van der Waals surface area contributed by atoms with Crippen molar-refractivity contribution in [1.29, 1.82) is 0 Å². The van der Waals surface area contributed by atoms with Crippen LogP contribution in [0.2, 0.25) is 0 Å². The monoisotopic (exact) mass is 522 g/mol. The van der Waals surface area contributed by atoms with Gasteiger partial charge in [0.2, 0.25) is 0 Å². The lowest BCUT2D eigenvalue weighted by Crippen LogP contribution is -2.50. The number of hydrogen-bond acceptors (Lipinski definition) is 4. The molecule has 0 radical (unpaired) electrons. The fourth-order valence-corrected chi connectivity index (χ4v) is 3.82. The molecule has 1 aromatic carbocycles. The SMILES string of the molecule is CCNC(=NCCS(=O)c1ccccc1)NC1CCN(C(=O)OCC)CC1.I. The number of guanidine groups is 1. The van der Waals surface area contributed by atoms with E-state index in [1.807, 2.05) is 44.2 Å². The maximum atomic E-state index is 12.3. The lowest BCUT2D eigenvalue weighted by molar-refractivity contribution is 0.0963. The fourth-order valence-electron chi connectivity index (χ4n) is 2.87. The quantitative estimate of drug-likeness (QED) is 0.327. The van der Waals surface area contributed by atoms with Gasteiger partial charge in [0.05, 0.1) is 24.0 Å². The molecular weight excluding hydrogens is 491 g/mol. The summed E-state index contributed by atoms with van der Waals surface area (Å²) >= 11 is 0. The topological polar surface area (TPSA) is 83.0 Å². The number of piperidine rings is 1. The lowest BCUT2D eigenvalue weighted by atomic mass is 10.1. The molecule has 1 heterocycles. The highest BCUT2D eigenvalue weighted by molar-refractivity contribution is 14.0. The van der Waals surface area contributed by atoms with E-state index in [2.05, 4.69) is 15.6 Å². The van der Waals surface area contributed by atoms with E-state index in [0.717, 1.165) is 30.2 Å². The molecular formula is C19H31IN4O3S. The molecule has 158 valence electrons. The van der Waals surface area contributed by atoms with E-state index in [9.17, 15) is 9.00 Å². The normalized spacial score (nSPS) is 16.1. The lowest BCUT2D eigenvalue weighted by Gasteiger charge is -2.32. The minimum atomic E-state index is -1.04. The summed E-state index contributed by atoms with van der Waals surface area (Å²) in [7, 11) is -1.04. The van der Waals surface area contributed by atoms with Crippen LogP contribution in [0.25, 0.3) is 0 Å². The van der Waals surface area contributed by atoms with Gasteiger partial charge in [-0.1, -0.05) is 18.2 Å². The molecule has 0 saturated carbocycles. The van der Waals surface area contributed by atoms with Crippen molar-refractivity contribution in [3.05, 3.63) is 30.3 Å². The van der Waals surface area contributed by atoms with Crippen molar-refractivity contribution in [2.45, 2.75) is 37.6 Å². The molecule has 1 amide bonds. The number of nitrogens with zero attached hydrogens (tertiary/aromatic N) is 2. The third-order valence-corrected chi connectivity index (χ3v) is 5.61. The van der Waals surface area contributed by atoms with Crippen LogP contribution in [0.1, 0.15) is 26.7 Å². The Morgan fingerprint density at radius 2 is 1.93 bits per heavy atom. The summed E-state index contributed by atoms with van der Waals surface area (Å²) in [6, 6.07) is 9.71. The summed E-state index contributed by atoms with van der Waals surface area (Å²) in [5.41, 5.74) is 0. The molecule has 1 aromatic rings. The molecule has 1 aliphatic heterocycles. The van der Waals surface area contributed by atoms with E-state index in [4.69, 9.17) is 4.74 Å². The molecule has 0 aliphatic carbocycles. The summed E-state index contributed by atoms with van der Waals surface area (Å²) in [5.74, 6) is 1.22. The average Bonchev–Trinajstić information content (AvgIpc) is 2.69. The molecule has 2 N–H and O–H groups in total. The van der Waals surface area contributed by atoms with Crippen LogP contribution in [-0.2, 0) is 15.5 Å². The maximum Gasteiger partial charge on any atom is 0.409 e. The maximum absolute atomic E-state index is 12.3. The Morgan fingerprint density at radius 3 is 2.54 bits per heavy atom. The van der Waals surface area contributed by atoms with Gasteiger partial charge >= 0.3 is 6.09 Å². The van der Waals surface area contributed by atoms with Crippen molar-refractivity contribution in [2.24, 2.45) is 4.99 Å². The van der Waals surface area contributed by atoms with E-state index in [1.54, 1.807) is 4.90 Å². The second-order valence-corrected chi connectivity index (χ2v) is 7.80. The summed E-state index contributed by atoms with van der Waals surface area (Å²) in [6.07, 6.45) is 1.46. The van der Waals surface area contributed by atoms with E-state index in [1.165, 1.54) is 0 Å². The minimum absolute atomic E-state index is 0. The standard InChI is InChI=1S/C19H30N4O3S.HI/c1-3-20-18(21-12-15-27(25)17-8-6-5-7-9-17)22-16-10-13-23(14-11-16)19(24)26-4-2;/h5-9,16H,3-4,10-15H2,1-2H3,(H2,20,21,22);1H. The molecule has 1 aliphatic rings. The van der Waals surface area contributed by atoms with Crippen LogP contribution in [0, 0.1) is 0 Å². The first-order valence-electron chi connectivity index (χ1n) is 9.54. The van der Waals surface area contributed by atoms with Gasteiger partial charge < -0.3 is 20.3 Å². The molecule has 2 rings (SSSR count). The number of hydrogen-bond donors (Lipinski definition) is 2. The molecule has 9 heteroatoms. The van der Waals surface area contributed by atoms with E-state index >= 15 is 0 Å². The van der Waals surface area contributed by atoms with Gasteiger partial charge in [-0.25, -0.2) is 4.79 Å². The number of aliphatic imine (C=N–C) groups is 1. The van der Waals surface area contributed by atoms with Gasteiger partial charge in [0, 0.05) is 36.3 Å². The van der Waals surface area contributed by atoms with Gasteiger partial charge in [-0.05, 0) is 38.8 Å². The highest BCUT2D eigenvalue weighted by atomic mass is 127. The zero-order chi connectivity index (χ0) is 19.5. The molecule has 0 bridgehead atoms. The van der Waals surface area contributed by atoms with Gasteiger partial charge in [0.15, 0.2) is 5.96 Å². The number of carbonyl (C=O) groups is 1. The van der Waals surface area contributed by atoms with Crippen LogP contribution in [0.5, 0.6) is 0 Å². The third-order valence-electron chi connectivity index (χ3n) is 4.26. The predicted octanol–water partition coefficient (Wildman–Crippen LogP) is 2.59. The largest absolute Gasteiger partial charge is 0.450 e. The number of amides is 1. The number of benzene rings is 1. The number of rotatable bonds is 7. The molecule has 1 fully saturated rings. The summed E-state index contributed by atoms with van der Waals surface area (Å²) < 4.78 is 17.3. The molecule has 7 nitrogen and oxygen atoms in total. The van der Waals surface area contributed by atoms with Crippen LogP contribution < -0.4 is 10.6 Å². The Kier molecular flexibility index (Phi) is 12.1. The van der Waals surface area contributed by atoms with Crippen LogP contribution in [0.3, 0.4) is 0 Å². The fraction of sp³-hybridized carbons (Fsp3) is 0.579. The van der Waals surface area contributed by atoms with Crippen LogP contribution >= 0.6 is 24.0 Å². The van der Waals surface area contributed by atoms with Gasteiger partial charge in [-0.15, -0.1) is 24.0 Å². The summed E-state index contributed by atoms with van der Waals surface area (Å²) in [5, 5.41) is 6.66. The number of nitrogens with one attached hydrogen (secondary N) is 2. The van der Waals surface area contributed by atoms with Crippen molar-refractivity contribution < 1.29 is 13.7 Å². The summed E-state index contributed by atoms with van der Waals surface area (Å²) in [4.78, 5) is 18.9. The van der Waals surface area contributed by atoms with Crippen LogP contribution in [0.4, 0.5) is 4.79 Å². The smallest absolute Gasteiger partial charge is 0.409 e. The van der Waals surface area contributed by atoms with E-state index in [0.29, 0.717) is 32.0 Å². The minimum Gasteiger partial charge on any atom is -0.450 e. The Balaban J connectivity index is 0.00000392. The molecule has 0 spiro atoms. The third kappa shape index (κ3) is 8.34. The summed E-state index contributed by atoms with van der Waals surface area (Å²) in [6.45, 7) is 6.83. The number of likely N-dealkylation sites (tertiary alicyclic amines) is 1. The van der Waals surface area contributed by atoms with Crippen molar-refractivity contribution in [2.75, 3.05) is 38.5 Å². The van der Waals surface area contributed by atoms with E-state index in [-0.39, 0.29) is 36.1 Å². The zero-order valence-electron chi connectivity index (χ0n) is 16.6. The first kappa shape index (κ1) is 24.7. The number of ether oxygens (including phenoxy) is 1. The van der Waals surface area contributed by atoms with Gasteiger partial charge in [-0.3, -0.25) is 9.20 Å². The second-order valence-electron chi connectivity index (χ2n) is 6.23. The number of halogens is 1. The highest BCUT2D eigenvalue weighted by Crippen LogP contribution is 2.11. The Morgan fingerprint density at radius 1 is 1.25 bits per heavy atom. The van der Waals surface area contributed by atoms with Crippen LogP contribution in [-0.4, -0.2) is 65.7 Å². The Labute approximate surface area is 187 Å². The van der Waals surface area contributed by atoms with Gasteiger partial charge in [0.1, 0.15) is 0 Å². The number of carbonyl (C=O) groups excluding carboxylic acids is 1. The molecule has 28 heavy (non-hydrogen) atoms. The van der Waals surface area contributed by atoms with Crippen molar-refractivity contribution in [3.63, 3.8) is 0 Å². The zero-order valence-corrected chi connectivity index (χ0v) is 19.7. The van der Waals surface area contributed by atoms with Crippen molar-refractivity contribution >= 4 is 46.8 Å². The van der Waals surface area contributed by atoms with Crippen LogP contribution in [0.15, 0.2) is 40.2 Å². The first-order valence-corrected chi connectivity index (χ1v) is 10.9. The highest BCUT2D eigenvalue weighted by Gasteiger charge is 2.24. The Bertz CT molecular complexity index is 637. The van der Waals surface area contributed by atoms with E-state index < -0.39 is 10.8 Å². The molecule has 1 saturated heterocycles. The average molecular weight is 522 g/mol. The predicted molar refractivity (Wildman–Crippen MR) is 124 cm³/mol. The second kappa shape index (κ2) is 13.8. The van der Waals surface area contributed by atoms with Gasteiger partial charge in [0.25, 0.3) is 0 Å². The van der Waals surface area contributed by atoms with Crippen molar-refractivity contribution in [3.8, 4) is 0 Å².